The minimum absolute atomic E-state index is 0.375. The minimum atomic E-state index is -3.42. The third kappa shape index (κ3) is 5.14. The molecule has 0 saturated heterocycles. The highest BCUT2D eigenvalue weighted by Gasteiger charge is 2.23. The molecule has 0 spiro atoms. The Hall–Kier alpha value is -1.67. The summed E-state index contributed by atoms with van der Waals surface area (Å²) in [5.74, 6) is -0.196. The number of hydrogen-bond acceptors (Lipinski definition) is 6. The summed E-state index contributed by atoms with van der Waals surface area (Å²) in [5.41, 5.74) is 0.407. The van der Waals surface area contributed by atoms with Crippen LogP contribution in [0.3, 0.4) is 0 Å². The van der Waals surface area contributed by atoms with Crippen LogP contribution in [0.2, 0.25) is 0 Å². The van der Waals surface area contributed by atoms with Crippen molar-refractivity contribution < 1.29 is 22.7 Å². The minimum Gasteiger partial charge on any atom is -0.475 e. The van der Waals surface area contributed by atoms with Crippen LogP contribution in [0.5, 0.6) is 5.88 Å². The van der Waals surface area contributed by atoms with Crippen LogP contribution in [0.4, 0.5) is 5.69 Å². The highest BCUT2D eigenvalue weighted by molar-refractivity contribution is 7.92. The van der Waals surface area contributed by atoms with Gasteiger partial charge in [-0.3, -0.25) is 4.79 Å². The van der Waals surface area contributed by atoms with Crippen LogP contribution in [0.15, 0.2) is 18.3 Å². The number of hydrogen-bond donors (Lipinski definition) is 1. The van der Waals surface area contributed by atoms with Gasteiger partial charge in [-0.2, -0.15) is 0 Å². The van der Waals surface area contributed by atoms with E-state index in [9.17, 15) is 13.2 Å². The standard InChI is InChI=1S/C12H18N2O5S/c1-9(20(3,16)17)12(15)14-10-4-5-11(13-8-10)19-7-6-18-2/h4-5,8-9H,6-7H2,1-3H3,(H,14,15)/t9-/m0/s1. The average Bonchev–Trinajstić information content (AvgIpc) is 2.39. The van der Waals surface area contributed by atoms with Crippen molar-refractivity contribution >= 4 is 21.4 Å². The number of aromatic nitrogens is 1. The molecule has 0 aliphatic heterocycles. The van der Waals surface area contributed by atoms with Crippen LogP contribution < -0.4 is 10.1 Å². The van der Waals surface area contributed by atoms with Gasteiger partial charge in [-0.1, -0.05) is 0 Å². The average molecular weight is 302 g/mol. The van der Waals surface area contributed by atoms with Crippen LogP contribution in [-0.4, -0.2) is 51.1 Å². The number of anilines is 1. The van der Waals surface area contributed by atoms with Gasteiger partial charge in [-0.25, -0.2) is 13.4 Å². The lowest BCUT2D eigenvalue weighted by Crippen LogP contribution is -2.31. The van der Waals surface area contributed by atoms with E-state index in [4.69, 9.17) is 9.47 Å². The van der Waals surface area contributed by atoms with Gasteiger partial charge in [0.05, 0.1) is 18.5 Å². The predicted octanol–water partition coefficient (Wildman–Crippen LogP) is 0.478. The number of methoxy groups -OCH3 is 1. The molecule has 7 nitrogen and oxygen atoms in total. The van der Waals surface area contributed by atoms with E-state index in [0.29, 0.717) is 24.8 Å². The Kier molecular flexibility index (Phi) is 5.90. The first-order valence-corrected chi connectivity index (χ1v) is 7.87. The molecule has 1 atom stereocenters. The van der Waals surface area contributed by atoms with Crippen LogP contribution in [0.25, 0.3) is 0 Å². The van der Waals surface area contributed by atoms with Crippen molar-refractivity contribution in [3.8, 4) is 5.88 Å². The molecule has 0 aromatic carbocycles. The van der Waals surface area contributed by atoms with E-state index >= 15 is 0 Å². The molecule has 8 heteroatoms. The summed E-state index contributed by atoms with van der Waals surface area (Å²) in [6.07, 6.45) is 2.41. The Morgan fingerprint density at radius 2 is 2.10 bits per heavy atom. The summed E-state index contributed by atoms with van der Waals surface area (Å²) < 4.78 is 32.6. The lowest BCUT2D eigenvalue weighted by Gasteiger charge is -2.10. The number of ether oxygens (including phenoxy) is 2. The van der Waals surface area contributed by atoms with Crippen LogP contribution >= 0.6 is 0 Å². The zero-order valence-electron chi connectivity index (χ0n) is 11.6. The molecule has 0 saturated carbocycles. The van der Waals surface area contributed by atoms with E-state index in [1.807, 2.05) is 0 Å². The molecule has 1 amide bonds. The maximum Gasteiger partial charge on any atom is 0.242 e. The fourth-order valence-electron chi connectivity index (χ4n) is 1.21. The van der Waals surface area contributed by atoms with Gasteiger partial charge in [0, 0.05) is 19.4 Å². The van der Waals surface area contributed by atoms with E-state index in [1.54, 1.807) is 19.2 Å². The van der Waals surface area contributed by atoms with Gasteiger partial charge in [0.1, 0.15) is 11.9 Å². The van der Waals surface area contributed by atoms with Gasteiger partial charge in [-0.05, 0) is 13.0 Å². The number of sulfone groups is 1. The van der Waals surface area contributed by atoms with Crippen molar-refractivity contribution in [3.05, 3.63) is 18.3 Å². The summed E-state index contributed by atoms with van der Waals surface area (Å²) in [6.45, 7) is 2.16. The molecular weight excluding hydrogens is 284 g/mol. The lowest BCUT2D eigenvalue weighted by atomic mass is 10.3. The first kappa shape index (κ1) is 16.4. The van der Waals surface area contributed by atoms with Crippen LogP contribution in [0, 0.1) is 0 Å². The normalized spacial score (nSPS) is 12.8. The molecule has 1 N–H and O–H groups in total. The Balaban J connectivity index is 2.59. The van der Waals surface area contributed by atoms with E-state index in [2.05, 4.69) is 10.3 Å². The molecule has 0 fully saturated rings. The maximum absolute atomic E-state index is 11.7. The summed E-state index contributed by atoms with van der Waals surface area (Å²) in [7, 11) is -1.85. The van der Waals surface area contributed by atoms with E-state index in [0.717, 1.165) is 6.26 Å². The van der Waals surface area contributed by atoms with Gasteiger partial charge in [0.25, 0.3) is 0 Å². The van der Waals surface area contributed by atoms with Crippen molar-refractivity contribution in [1.29, 1.82) is 0 Å². The molecule has 1 aromatic rings. The predicted molar refractivity (Wildman–Crippen MR) is 74.5 cm³/mol. The molecular formula is C12H18N2O5S. The van der Waals surface area contributed by atoms with Gasteiger partial charge >= 0.3 is 0 Å². The molecule has 0 radical (unpaired) electrons. The second-order valence-electron chi connectivity index (χ2n) is 4.19. The topological polar surface area (TPSA) is 94.6 Å². The fourth-order valence-corrected chi connectivity index (χ4v) is 1.66. The molecule has 0 unspecified atom stereocenters. The highest BCUT2D eigenvalue weighted by atomic mass is 32.2. The number of nitrogens with one attached hydrogen (secondary N) is 1. The zero-order chi connectivity index (χ0) is 15.2. The molecule has 0 bridgehead atoms. The van der Waals surface area contributed by atoms with Crippen molar-refractivity contribution in [1.82, 2.24) is 4.98 Å². The Morgan fingerprint density at radius 3 is 2.60 bits per heavy atom. The number of pyridine rings is 1. The summed E-state index contributed by atoms with van der Waals surface area (Å²) in [4.78, 5) is 15.7. The molecule has 1 heterocycles. The molecule has 1 rings (SSSR count). The van der Waals surface area contributed by atoms with E-state index < -0.39 is 21.0 Å². The summed E-state index contributed by atoms with van der Waals surface area (Å²) in [6, 6.07) is 3.17. The monoisotopic (exact) mass is 302 g/mol. The van der Waals surface area contributed by atoms with Gasteiger partial charge < -0.3 is 14.8 Å². The Morgan fingerprint density at radius 1 is 1.40 bits per heavy atom. The first-order valence-electron chi connectivity index (χ1n) is 5.92. The van der Waals surface area contributed by atoms with Gasteiger partial charge in [0.2, 0.25) is 11.8 Å². The summed E-state index contributed by atoms with van der Waals surface area (Å²) in [5, 5.41) is 1.37. The van der Waals surface area contributed by atoms with Crippen LogP contribution in [-0.2, 0) is 19.4 Å². The molecule has 0 aliphatic carbocycles. The first-order chi connectivity index (χ1) is 9.34. The number of carbonyl (C=O) groups is 1. The fraction of sp³-hybridized carbons (Fsp3) is 0.500. The largest absolute Gasteiger partial charge is 0.475 e. The SMILES string of the molecule is COCCOc1ccc(NC(=O)[C@H](C)S(C)(=O)=O)cn1. The van der Waals surface area contributed by atoms with Crippen molar-refractivity contribution in [2.24, 2.45) is 0 Å². The Bertz CT molecular complexity index is 541. The molecule has 0 aliphatic rings. The van der Waals surface area contributed by atoms with E-state index in [-0.39, 0.29) is 0 Å². The van der Waals surface area contributed by atoms with E-state index in [1.165, 1.54) is 13.1 Å². The maximum atomic E-state index is 11.7. The number of carbonyl (C=O) groups excluding carboxylic acids is 1. The third-order valence-corrected chi connectivity index (χ3v) is 4.05. The molecule has 1 aromatic heterocycles. The van der Waals surface area contributed by atoms with Crippen LogP contribution in [0.1, 0.15) is 6.92 Å². The number of rotatable bonds is 7. The van der Waals surface area contributed by atoms with Crippen molar-refractivity contribution in [3.63, 3.8) is 0 Å². The molecule has 20 heavy (non-hydrogen) atoms. The Labute approximate surface area is 118 Å². The number of nitrogens with zero attached hydrogens (tertiary/aromatic N) is 1. The lowest BCUT2D eigenvalue weighted by molar-refractivity contribution is -0.115. The highest BCUT2D eigenvalue weighted by Crippen LogP contribution is 2.12. The third-order valence-electron chi connectivity index (χ3n) is 2.55. The van der Waals surface area contributed by atoms with Crippen molar-refractivity contribution in [2.45, 2.75) is 12.2 Å². The van der Waals surface area contributed by atoms with Gasteiger partial charge in [0.15, 0.2) is 9.84 Å². The van der Waals surface area contributed by atoms with Gasteiger partial charge in [-0.15, -0.1) is 0 Å². The molecule has 112 valence electrons. The smallest absolute Gasteiger partial charge is 0.242 e. The second-order valence-corrected chi connectivity index (χ2v) is 6.55. The number of amides is 1. The summed E-state index contributed by atoms with van der Waals surface area (Å²) >= 11 is 0. The van der Waals surface area contributed by atoms with Crippen molar-refractivity contribution in [2.75, 3.05) is 31.9 Å². The quantitative estimate of drug-likeness (QED) is 0.736. The zero-order valence-corrected chi connectivity index (χ0v) is 12.4. The second kappa shape index (κ2) is 7.20.